The van der Waals surface area contributed by atoms with Crippen molar-refractivity contribution < 1.29 is 0 Å². The van der Waals surface area contributed by atoms with E-state index in [4.69, 9.17) is 5.84 Å². The van der Waals surface area contributed by atoms with E-state index in [0.29, 0.717) is 0 Å². The van der Waals surface area contributed by atoms with Gasteiger partial charge < -0.3 is 0 Å². The minimum atomic E-state index is -0.145. The first-order chi connectivity index (χ1) is 8.58. The number of hydrogen-bond donors (Lipinski definition) is 2. The predicted molar refractivity (Wildman–Crippen MR) is 72.7 cm³/mol. The molecule has 1 unspecified atom stereocenters. The Labute approximate surface area is 114 Å². The highest BCUT2D eigenvalue weighted by molar-refractivity contribution is 9.10. The van der Waals surface area contributed by atoms with E-state index in [1.807, 2.05) is 24.7 Å². The van der Waals surface area contributed by atoms with Crippen molar-refractivity contribution >= 4 is 15.9 Å². The lowest BCUT2D eigenvalue weighted by molar-refractivity contribution is 0.513. The number of aromatic nitrogens is 4. The number of nitrogens with one attached hydrogen (secondary N) is 1. The van der Waals surface area contributed by atoms with Crippen LogP contribution >= 0.6 is 15.9 Å². The summed E-state index contributed by atoms with van der Waals surface area (Å²) in [7, 11) is 1.89. The summed E-state index contributed by atoms with van der Waals surface area (Å²) in [6, 6.07) is 1.89. The molecule has 18 heavy (non-hydrogen) atoms. The topological polar surface area (TPSA) is 73.7 Å². The fourth-order valence-electron chi connectivity index (χ4n) is 2.10. The normalized spacial score (nSPS) is 12.9. The third kappa shape index (κ3) is 2.21. The molecule has 0 bridgehead atoms. The van der Waals surface area contributed by atoms with Gasteiger partial charge in [-0.1, -0.05) is 0 Å². The summed E-state index contributed by atoms with van der Waals surface area (Å²) in [5.41, 5.74) is 5.82. The van der Waals surface area contributed by atoms with Gasteiger partial charge in [0.15, 0.2) is 0 Å². The smallest absolute Gasteiger partial charge is 0.106 e. The molecular formula is C11H17BrN6. The number of rotatable bonds is 4. The van der Waals surface area contributed by atoms with Gasteiger partial charge in [0.1, 0.15) is 6.04 Å². The Kier molecular flexibility index (Phi) is 3.84. The Morgan fingerprint density at radius 3 is 2.78 bits per heavy atom. The number of aryl methyl sites for hydroxylation is 3. The second-order valence-corrected chi connectivity index (χ2v) is 4.98. The van der Waals surface area contributed by atoms with Gasteiger partial charge in [-0.05, 0) is 35.8 Å². The second kappa shape index (κ2) is 5.21. The van der Waals surface area contributed by atoms with Crippen LogP contribution in [0.1, 0.15) is 30.0 Å². The van der Waals surface area contributed by atoms with Crippen molar-refractivity contribution in [1.29, 1.82) is 0 Å². The molecule has 7 heteroatoms. The fourth-order valence-corrected chi connectivity index (χ4v) is 2.68. The van der Waals surface area contributed by atoms with Gasteiger partial charge >= 0.3 is 0 Å². The first-order valence-electron chi connectivity index (χ1n) is 5.76. The van der Waals surface area contributed by atoms with Crippen LogP contribution in [-0.4, -0.2) is 19.6 Å². The minimum Gasteiger partial charge on any atom is -0.270 e. The Morgan fingerprint density at radius 2 is 2.28 bits per heavy atom. The first kappa shape index (κ1) is 13.3. The van der Waals surface area contributed by atoms with Crippen LogP contribution in [-0.2, 0) is 13.6 Å². The highest BCUT2D eigenvalue weighted by Crippen LogP contribution is 2.27. The SMILES string of the molecule is CCn1nc(C)cc1C(NN)c1c(Br)cnn1C. The Hall–Kier alpha value is -1.18. The second-order valence-electron chi connectivity index (χ2n) is 4.13. The van der Waals surface area contributed by atoms with Gasteiger partial charge in [-0.2, -0.15) is 10.2 Å². The van der Waals surface area contributed by atoms with Gasteiger partial charge in [0.25, 0.3) is 0 Å². The van der Waals surface area contributed by atoms with Gasteiger partial charge in [0, 0.05) is 13.6 Å². The van der Waals surface area contributed by atoms with Crippen molar-refractivity contribution in [1.82, 2.24) is 25.0 Å². The van der Waals surface area contributed by atoms with E-state index >= 15 is 0 Å². The van der Waals surface area contributed by atoms with Crippen LogP contribution in [0.5, 0.6) is 0 Å². The molecule has 0 spiro atoms. The van der Waals surface area contributed by atoms with E-state index in [2.05, 4.69) is 38.5 Å². The molecule has 2 heterocycles. The number of halogens is 1. The molecule has 0 aliphatic rings. The molecule has 0 aliphatic carbocycles. The Bertz CT molecular complexity index is 524. The number of nitrogens with two attached hydrogens (primary N) is 1. The molecule has 1 atom stereocenters. The predicted octanol–water partition coefficient (Wildman–Crippen LogP) is 1.26. The third-order valence-electron chi connectivity index (χ3n) is 2.91. The molecule has 0 radical (unpaired) electrons. The molecule has 0 saturated heterocycles. The summed E-state index contributed by atoms with van der Waals surface area (Å²) in [5.74, 6) is 5.71. The van der Waals surface area contributed by atoms with E-state index in [1.165, 1.54) is 0 Å². The zero-order chi connectivity index (χ0) is 13.3. The van der Waals surface area contributed by atoms with Crippen molar-refractivity contribution in [3.63, 3.8) is 0 Å². The average molecular weight is 313 g/mol. The molecular weight excluding hydrogens is 296 g/mol. The van der Waals surface area contributed by atoms with Crippen LogP contribution in [0.4, 0.5) is 0 Å². The van der Waals surface area contributed by atoms with Gasteiger partial charge in [-0.3, -0.25) is 15.2 Å². The molecule has 3 N–H and O–H groups in total. The first-order valence-corrected chi connectivity index (χ1v) is 6.55. The number of nitrogens with zero attached hydrogens (tertiary/aromatic N) is 4. The van der Waals surface area contributed by atoms with Crippen LogP contribution in [0, 0.1) is 6.92 Å². The standard InChI is InChI=1S/C11H17BrN6/c1-4-18-9(5-7(2)16-18)10(15-13)11-8(12)6-14-17(11)3/h5-6,10,15H,4,13H2,1-3H3. The minimum absolute atomic E-state index is 0.145. The molecule has 98 valence electrons. The van der Waals surface area contributed by atoms with Crippen LogP contribution in [0.2, 0.25) is 0 Å². The largest absolute Gasteiger partial charge is 0.270 e. The van der Waals surface area contributed by atoms with Gasteiger partial charge in [-0.15, -0.1) is 0 Å². The lowest BCUT2D eigenvalue weighted by atomic mass is 10.1. The lowest BCUT2D eigenvalue weighted by Gasteiger charge is -2.18. The maximum absolute atomic E-state index is 5.71. The summed E-state index contributed by atoms with van der Waals surface area (Å²) in [6.07, 6.45) is 1.76. The van der Waals surface area contributed by atoms with E-state index < -0.39 is 0 Å². The molecule has 2 aromatic heterocycles. The van der Waals surface area contributed by atoms with Crippen LogP contribution in [0.3, 0.4) is 0 Å². The van der Waals surface area contributed by atoms with E-state index in [9.17, 15) is 0 Å². The van der Waals surface area contributed by atoms with Gasteiger partial charge in [0.05, 0.1) is 27.8 Å². The van der Waals surface area contributed by atoms with Crippen molar-refractivity contribution in [2.45, 2.75) is 26.4 Å². The van der Waals surface area contributed by atoms with Crippen molar-refractivity contribution in [2.24, 2.45) is 12.9 Å². The Balaban J connectivity index is 2.51. The number of hydrazine groups is 1. The number of hydrogen-bond acceptors (Lipinski definition) is 4. The molecule has 0 amide bonds. The third-order valence-corrected chi connectivity index (χ3v) is 3.52. The van der Waals surface area contributed by atoms with Gasteiger partial charge in [0.2, 0.25) is 0 Å². The summed E-state index contributed by atoms with van der Waals surface area (Å²) in [5, 5.41) is 8.66. The van der Waals surface area contributed by atoms with E-state index in [-0.39, 0.29) is 6.04 Å². The molecule has 2 rings (SSSR count). The van der Waals surface area contributed by atoms with Gasteiger partial charge in [-0.25, -0.2) is 5.43 Å². The van der Waals surface area contributed by atoms with Crippen LogP contribution in [0.15, 0.2) is 16.7 Å². The highest BCUT2D eigenvalue weighted by Gasteiger charge is 2.23. The van der Waals surface area contributed by atoms with E-state index in [1.54, 1.807) is 10.9 Å². The van der Waals surface area contributed by atoms with Crippen molar-refractivity contribution in [2.75, 3.05) is 0 Å². The van der Waals surface area contributed by atoms with Crippen LogP contribution in [0.25, 0.3) is 0 Å². The maximum Gasteiger partial charge on any atom is 0.106 e. The van der Waals surface area contributed by atoms with Crippen molar-refractivity contribution in [3.8, 4) is 0 Å². The molecule has 0 aliphatic heterocycles. The lowest BCUT2D eigenvalue weighted by Crippen LogP contribution is -2.32. The summed E-state index contributed by atoms with van der Waals surface area (Å²) < 4.78 is 4.67. The fraction of sp³-hybridized carbons (Fsp3) is 0.455. The summed E-state index contributed by atoms with van der Waals surface area (Å²) in [6.45, 7) is 4.83. The molecule has 6 nitrogen and oxygen atoms in total. The zero-order valence-corrected chi connectivity index (χ0v) is 12.3. The monoisotopic (exact) mass is 312 g/mol. The average Bonchev–Trinajstić information content (AvgIpc) is 2.87. The van der Waals surface area contributed by atoms with E-state index in [0.717, 1.165) is 28.1 Å². The maximum atomic E-state index is 5.71. The molecule has 0 fully saturated rings. The summed E-state index contributed by atoms with van der Waals surface area (Å²) >= 11 is 3.50. The molecule has 0 saturated carbocycles. The quantitative estimate of drug-likeness (QED) is 0.658. The Morgan fingerprint density at radius 1 is 1.56 bits per heavy atom. The zero-order valence-electron chi connectivity index (χ0n) is 10.7. The molecule has 0 aromatic carbocycles. The molecule has 2 aromatic rings. The van der Waals surface area contributed by atoms with Crippen LogP contribution < -0.4 is 11.3 Å². The van der Waals surface area contributed by atoms with Crippen molar-refractivity contribution in [3.05, 3.63) is 33.8 Å². The summed E-state index contributed by atoms with van der Waals surface area (Å²) in [4.78, 5) is 0. The highest BCUT2D eigenvalue weighted by atomic mass is 79.9.